The molecule has 3 heteroatoms. The van der Waals surface area contributed by atoms with Crippen molar-refractivity contribution in [3.63, 3.8) is 0 Å². The molecule has 0 fully saturated rings. The second-order valence-electron chi connectivity index (χ2n) is 13.3. The molecule has 0 bridgehead atoms. The summed E-state index contributed by atoms with van der Waals surface area (Å²) >= 11 is 0. The summed E-state index contributed by atoms with van der Waals surface area (Å²) in [6, 6.07) is 62.9. The zero-order valence-corrected chi connectivity index (χ0v) is 27.5. The van der Waals surface area contributed by atoms with Gasteiger partial charge in [0.05, 0.1) is 11.0 Å². The molecular weight excluding hydrogens is 623 g/mol. The maximum atomic E-state index is 6.19. The van der Waals surface area contributed by atoms with E-state index >= 15 is 0 Å². The van der Waals surface area contributed by atoms with Crippen LogP contribution in [0.1, 0.15) is 0 Å². The second kappa shape index (κ2) is 10.8. The topological polar surface area (TPSA) is 31.2 Å². The van der Waals surface area contributed by atoms with Gasteiger partial charge in [0.2, 0.25) is 0 Å². The Labute approximate surface area is 293 Å². The van der Waals surface area contributed by atoms with Crippen LogP contribution < -0.4 is 0 Å². The molecule has 0 N–H and O–H groups in total. The van der Waals surface area contributed by atoms with Crippen molar-refractivity contribution in [2.24, 2.45) is 0 Å². The molecule has 0 aliphatic rings. The van der Waals surface area contributed by atoms with Gasteiger partial charge in [0.15, 0.2) is 0 Å². The van der Waals surface area contributed by atoms with Crippen LogP contribution >= 0.6 is 0 Å². The van der Waals surface area contributed by atoms with Crippen LogP contribution in [0.15, 0.2) is 185 Å². The van der Waals surface area contributed by atoms with Gasteiger partial charge in [0.25, 0.3) is 0 Å². The molecule has 0 radical (unpaired) electrons. The minimum absolute atomic E-state index is 0.899. The van der Waals surface area contributed by atoms with Gasteiger partial charge in [-0.3, -0.25) is 0 Å². The molecule has 0 atom stereocenters. The monoisotopic (exact) mass is 651 g/mol. The average Bonchev–Trinajstić information content (AvgIpc) is 3.87. The van der Waals surface area contributed by atoms with Gasteiger partial charge in [-0.15, -0.1) is 0 Å². The van der Waals surface area contributed by atoms with Crippen LogP contribution in [0.5, 0.6) is 0 Å². The molecule has 3 aromatic heterocycles. The zero-order valence-electron chi connectivity index (χ0n) is 27.5. The summed E-state index contributed by atoms with van der Waals surface area (Å²) in [5, 5.41) is 7.03. The fraction of sp³-hybridized carbons (Fsp3) is 0. The van der Waals surface area contributed by atoms with Crippen LogP contribution in [-0.4, -0.2) is 4.57 Å². The zero-order chi connectivity index (χ0) is 33.5. The number of fused-ring (bicyclic) bond motifs is 9. The van der Waals surface area contributed by atoms with E-state index in [9.17, 15) is 0 Å². The second-order valence-corrected chi connectivity index (χ2v) is 13.3. The number of hydrogen-bond acceptors (Lipinski definition) is 2. The van der Waals surface area contributed by atoms with Crippen LogP contribution in [-0.2, 0) is 0 Å². The summed E-state index contributed by atoms with van der Waals surface area (Å²) < 4.78 is 14.7. The molecule has 8 aromatic carbocycles. The van der Waals surface area contributed by atoms with E-state index in [-0.39, 0.29) is 0 Å². The Kier molecular flexibility index (Phi) is 5.96. The van der Waals surface area contributed by atoms with Crippen molar-refractivity contribution in [2.75, 3.05) is 0 Å². The summed E-state index contributed by atoms with van der Waals surface area (Å²) in [7, 11) is 0. The van der Waals surface area contributed by atoms with Crippen molar-refractivity contribution in [1.82, 2.24) is 4.57 Å². The summed E-state index contributed by atoms with van der Waals surface area (Å²) in [5.74, 6) is 0. The fourth-order valence-electron chi connectivity index (χ4n) is 7.94. The number of rotatable bonds is 4. The van der Waals surface area contributed by atoms with Crippen LogP contribution in [0.2, 0.25) is 0 Å². The Morgan fingerprint density at radius 2 is 0.667 bits per heavy atom. The number of para-hydroxylation sites is 4. The lowest BCUT2D eigenvalue weighted by atomic mass is 9.95. The molecule has 0 amide bonds. The predicted molar refractivity (Wildman–Crippen MR) is 212 cm³/mol. The third-order valence-electron chi connectivity index (χ3n) is 10.4. The molecule has 238 valence electrons. The van der Waals surface area contributed by atoms with E-state index in [4.69, 9.17) is 8.83 Å². The van der Waals surface area contributed by atoms with E-state index < -0.39 is 0 Å². The maximum Gasteiger partial charge on any atom is 0.135 e. The first-order valence-electron chi connectivity index (χ1n) is 17.3. The first-order valence-corrected chi connectivity index (χ1v) is 17.3. The van der Waals surface area contributed by atoms with Crippen molar-refractivity contribution in [3.05, 3.63) is 176 Å². The Balaban J connectivity index is 1.09. The van der Waals surface area contributed by atoms with E-state index in [1.54, 1.807) is 0 Å². The molecule has 0 aliphatic carbocycles. The van der Waals surface area contributed by atoms with E-state index in [0.717, 1.165) is 71.8 Å². The van der Waals surface area contributed by atoms with Crippen LogP contribution in [0.3, 0.4) is 0 Å². The fourth-order valence-corrected chi connectivity index (χ4v) is 7.94. The van der Waals surface area contributed by atoms with Gasteiger partial charge in [0, 0.05) is 38.0 Å². The summed E-state index contributed by atoms with van der Waals surface area (Å²) in [6.07, 6.45) is 0. The van der Waals surface area contributed by atoms with Crippen molar-refractivity contribution in [2.45, 2.75) is 0 Å². The van der Waals surface area contributed by atoms with Crippen LogP contribution in [0.25, 0.3) is 105 Å². The standard InChI is InChI=1S/C48H29NO2/c1-5-13-43-37(9-1)38-10-2-6-14-44(38)49(43)36-26-34(25-35(27-36)33-22-24-48-42(29-33)40-12-4-8-16-46(40)51-48)31-19-17-30(18-20-31)32-21-23-47-41(28-32)39-11-3-7-15-45(39)50-47/h1-29H. The normalized spacial score (nSPS) is 11.9. The van der Waals surface area contributed by atoms with Crippen LogP contribution in [0, 0.1) is 0 Å². The lowest BCUT2D eigenvalue weighted by molar-refractivity contribution is 0.668. The van der Waals surface area contributed by atoms with E-state index in [2.05, 4.69) is 156 Å². The molecular formula is C48H29NO2. The van der Waals surface area contributed by atoms with E-state index in [1.165, 1.54) is 32.9 Å². The Bertz CT molecular complexity index is 3080. The Morgan fingerprint density at radius 1 is 0.275 bits per heavy atom. The van der Waals surface area contributed by atoms with Crippen molar-refractivity contribution in [1.29, 1.82) is 0 Å². The van der Waals surface area contributed by atoms with Gasteiger partial charge < -0.3 is 13.4 Å². The number of benzene rings is 8. The quantitative estimate of drug-likeness (QED) is 0.190. The van der Waals surface area contributed by atoms with Crippen molar-refractivity contribution in [3.8, 4) is 39.1 Å². The lowest BCUT2D eigenvalue weighted by Gasteiger charge is -2.14. The van der Waals surface area contributed by atoms with Gasteiger partial charge in [-0.25, -0.2) is 0 Å². The number of aromatic nitrogens is 1. The highest BCUT2D eigenvalue weighted by molar-refractivity contribution is 6.10. The third-order valence-corrected chi connectivity index (χ3v) is 10.4. The molecule has 0 spiro atoms. The largest absolute Gasteiger partial charge is 0.456 e. The van der Waals surface area contributed by atoms with Crippen LogP contribution in [0.4, 0.5) is 0 Å². The molecule has 0 unspecified atom stereocenters. The third kappa shape index (κ3) is 4.38. The maximum absolute atomic E-state index is 6.19. The highest BCUT2D eigenvalue weighted by atomic mass is 16.3. The molecule has 3 nitrogen and oxygen atoms in total. The number of hydrogen-bond donors (Lipinski definition) is 0. The molecule has 51 heavy (non-hydrogen) atoms. The molecule has 0 saturated heterocycles. The Hall–Kier alpha value is -6.84. The minimum atomic E-state index is 0.899. The molecule has 11 aromatic rings. The SMILES string of the molecule is c1ccc2c(c1)oc1ccc(-c3ccc(-c4cc(-c5ccc6oc7ccccc7c6c5)cc(-n5c6ccccc6c6ccccc65)c4)cc3)cc12. The number of furan rings is 2. The molecule has 3 heterocycles. The smallest absolute Gasteiger partial charge is 0.135 e. The van der Waals surface area contributed by atoms with Crippen molar-refractivity contribution < 1.29 is 8.83 Å². The predicted octanol–water partition coefficient (Wildman–Crippen LogP) is 13.6. The highest BCUT2D eigenvalue weighted by Crippen LogP contribution is 2.39. The lowest BCUT2D eigenvalue weighted by Crippen LogP contribution is -1.96. The highest BCUT2D eigenvalue weighted by Gasteiger charge is 2.16. The van der Waals surface area contributed by atoms with Gasteiger partial charge in [-0.05, 0) is 100 Å². The Morgan fingerprint density at radius 3 is 1.22 bits per heavy atom. The molecule has 0 aliphatic heterocycles. The number of nitrogens with zero attached hydrogens (tertiary/aromatic N) is 1. The van der Waals surface area contributed by atoms with E-state index in [0.29, 0.717) is 0 Å². The molecule has 11 rings (SSSR count). The van der Waals surface area contributed by atoms with Crippen molar-refractivity contribution >= 4 is 65.7 Å². The van der Waals surface area contributed by atoms with Gasteiger partial charge in [-0.2, -0.15) is 0 Å². The van der Waals surface area contributed by atoms with Gasteiger partial charge in [-0.1, -0.05) is 109 Å². The van der Waals surface area contributed by atoms with Gasteiger partial charge in [0.1, 0.15) is 22.3 Å². The summed E-state index contributed by atoms with van der Waals surface area (Å²) in [4.78, 5) is 0. The summed E-state index contributed by atoms with van der Waals surface area (Å²) in [6.45, 7) is 0. The van der Waals surface area contributed by atoms with Gasteiger partial charge >= 0.3 is 0 Å². The minimum Gasteiger partial charge on any atom is -0.456 e. The molecule has 0 saturated carbocycles. The first-order chi connectivity index (χ1) is 25.2. The summed E-state index contributed by atoms with van der Waals surface area (Å²) in [5.41, 5.74) is 14.1. The van der Waals surface area contributed by atoms with E-state index in [1.807, 2.05) is 24.3 Å². The average molecular weight is 652 g/mol. The first kappa shape index (κ1) is 28.0.